The molecule has 0 amide bonds. The van der Waals surface area contributed by atoms with Crippen LogP contribution in [0.4, 0.5) is 0 Å². The quantitative estimate of drug-likeness (QED) is 0.545. The summed E-state index contributed by atoms with van der Waals surface area (Å²) in [6, 6.07) is 2.41. The monoisotopic (exact) mass is 129 g/mol. The highest BCUT2D eigenvalue weighted by molar-refractivity contribution is 6.30. The molecule has 1 aromatic heterocycles. The van der Waals surface area contributed by atoms with E-state index in [1.807, 2.05) is 0 Å². The molecule has 0 atom stereocenters. The Morgan fingerprint density at radius 2 is 2.62 bits per heavy atom. The second kappa shape index (κ2) is 1.96. The van der Waals surface area contributed by atoms with Crippen LogP contribution in [0.3, 0.4) is 0 Å². The van der Waals surface area contributed by atoms with Gasteiger partial charge in [0.05, 0.1) is 6.20 Å². The Morgan fingerprint density at radius 1 is 1.88 bits per heavy atom. The standard InChI is InChI=1S/C4H2ClN2O/c5-3-1-2-6-7-4(3)8/h2H,(H,7,8). The molecule has 0 saturated carbocycles. The first-order valence-electron chi connectivity index (χ1n) is 1.91. The molecule has 1 N–H and O–H groups in total. The molecule has 0 bridgehead atoms. The van der Waals surface area contributed by atoms with Crippen molar-refractivity contribution >= 4 is 11.6 Å². The van der Waals surface area contributed by atoms with Gasteiger partial charge in [-0.2, -0.15) is 5.10 Å². The number of hydrogen-bond donors (Lipinski definition) is 1. The summed E-state index contributed by atoms with van der Waals surface area (Å²) in [5, 5.41) is 5.54. The summed E-state index contributed by atoms with van der Waals surface area (Å²) in [4.78, 5) is 10.3. The van der Waals surface area contributed by atoms with Gasteiger partial charge >= 0.3 is 0 Å². The number of hydrogen-bond acceptors (Lipinski definition) is 2. The first-order valence-corrected chi connectivity index (χ1v) is 2.29. The van der Waals surface area contributed by atoms with E-state index in [-0.39, 0.29) is 5.02 Å². The Bertz CT molecular complexity index is 231. The van der Waals surface area contributed by atoms with Crippen LogP contribution in [0.25, 0.3) is 0 Å². The van der Waals surface area contributed by atoms with Crippen molar-refractivity contribution < 1.29 is 0 Å². The van der Waals surface area contributed by atoms with E-state index in [0.29, 0.717) is 0 Å². The van der Waals surface area contributed by atoms with Gasteiger partial charge in [-0.1, -0.05) is 11.6 Å². The van der Waals surface area contributed by atoms with Gasteiger partial charge in [0.2, 0.25) is 0 Å². The molecule has 3 nitrogen and oxygen atoms in total. The SMILES string of the molecule is O=c1[nH]nc[c]c1Cl. The molecule has 0 spiro atoms. The minimum atomic E-state index is -0.408. The van der Waals surface area contributed by atoms with E-state index in [1.165, 1.54) is 6.20 Å². The fourth-order valence-corrected chi connectivity index (χ4v) is 0.386. The van der Waals surface area contributed by atoms with Crippen molar-refractivity contribution in [1.29, 1.82) is 0 Å². The fraction of sp³-hybridized carbons (Fsp3) is 0. The van der Waals surface area contributed by atoms with Gasteiger partial charge < -0.3 is 0 Å². The van der Waals surface area contributed by atoms with Crippen LogP contribution in [-0.4, -0.2) is 10.2 Å². The van der Waals surface area contributed by atoms with Crippen molar-refractivity contribution in [1.82, 2.24) is 10.2 Å². The van der Waals surface area contributed by atoms with Crippen LogP contribution in [0.15, 0.2) is 11.0 Å². The predicted molar refractivity (Wildman–Crippen MR) is 28.7 cm³/mol. The molecule has 0 saturated heterocycles. The van der Waals surface area contributed by atoms with Crippen molar-refractivity contribution in [2.24, 2.45) is 0 Å². The van der Waals surface area contributed by atoms with Gasteiger partial charge in [0, 0.05) is 6.07 Å². The Kier molecular flexibility index (Phi) is 1.30. The van der Waals surface area contributed by atoms with E-state index in [0.717, 1.165) is 0 Å². The molecule has 0 aliphatic heterocycles. The maximum atomic E-state index is 10.3. The predicted octanol–water partition coefficient (Wildman–Crippen LogP) is 0.223. The molecular weight excluding hydrogens is 128 g/mol. The van der Waals surface area contributed by atoms with E-state index in [2.05, 4.69) is 16.3 Å². The van der Waals surface area contributed by atoms with Crippen molar-refractivity contribution in [2.45, 2.75) is 0 Å². The number of nitrogens with zero attached hydrogens (tertiary/aromatic N) is 1. The Balaban J connectivity index is 3.35. The average Bonchev–Trinajstić information content (AvgIpc) is 1.77. The number of nitrogens with one attached hydrogen (secondary N) is 1. The summed E-state index contributed by atoms with van der Waals surface area (Å²) < 4.78 is 0. The second-order valence-corrected chi connectivity index (χ2v) is 1.54. The third kappa shape index (κ3) is 0.869. The van der Waals surface area contributed by atoms with Crippen LogP contribution in [0.5, 0.6) is 0 Å². The molecule has 1 heterocycles. The van der Waals surface area contributed by atoms with Crippen LogP contribution in [-0.2, 0) is 0 Å². The highest BCUT2D eigenvalue weighted by Crippen LogP contribution is 1.91. The third-order valence-corrected chi connectivity index (χ3v) is 0.902. The molecule has 4 heteroatoms. The summed E-state index contributed by atoms with van der Waals surface area (Å²) >= 11 is 5.27. The van der Waals surface area contributed by atoms with E-state index in [1.54, 1.807) is 0 Å². The van der Waals surface area contributed by atoms with Crippen LogP contribution >= 0.6 is 11.6 Å². The minimum Gasteiger partial charge on any atom is -0.266 e. The van der Waals surface area contributed by atoms with Gasteiger partial charge in [-0.3, -0.25) is 4.79 Å². The number of aromatic nitrogens is 2. The van der Waals surface area contributed by atoms with E-state index < -0.39 is 5.56 Å². The van der Waals surface area contributed by atoms with Gasteiger partial charge in [0.25, 0.3) is 5.56 Å². The molecule has 0 aliphatic rings. The van der Waals surface area contributed by atoms with Crippen molar-refractivity contribution in [2.75, 3.05) is 0 Å². The molecule has 41 valence electrons. The number of aromatic amines is 1. The Morgan fingerprint density at radius 3 is 3.00 bits per heavy atom. The van der Waals surface area contributed by atoms with Crippen molar-refractivity contribution in [3.63, 3.8) is 0 Å². The first kappa shape index (κ1) is 5.31. The maximum absolute atomic E-state index is 10.3. The highest BCUT2D eigenvalue weighted by atomic mass is 35.5. The summed E-state index contributed by atoms with van der Waals surface area (Å²) in [6.07, 6.45) is 1.30. The molecule has 0 unspecified atom stereocenters. The van der Waals surface area contributed by atoms with E-state index in [9.17, 15) is 4.79 Å². The zero-order valence-electron chi connectivity index (χ0n) is 3.81. The lowest BCUT2D eigenvalue weighted by Gasteiger charge is -1.79. The van der Waals surface area contributed by atoms with Crippen LogP contribution < -0.4 is 5.56 Å². The Labute approximate surface area is 50.3 Å². The lowest BCUT2D eigenvalue weighted by Crippen LogP contribution is -2.06. The number of H-pyrrole nitrogens is 1. The largest absolute Gasteiger partial charge is 0.283 e. The molecule has 0 aliphatic carbocycles. The zero-order chi connectivity index (χ0) is 5.98. The van der Waals surface area contributed by atoms with Crippen LogP contribution in [0, 0.1) is 6.07 Å². The zero-order valence-corrected chi connectivity index (χ0v) is 4.57. The molecule has 0 fully saturated rings. The molecule has 1 radical (unpaired) electrons. The smallest absolute Gasteiger partial charge is 0.266 e. The number of halogens is 1. The Hall–Kier alpha value is -0.830. The van der Waals surface area contributed by atoms with Crippen LogP contribution in [0.1, 0.15) is 0 Å². The molecule has 8 heavy (non-hydrogen) atoms. The third-order valence-electron chi connectivity index (χ3n) is 0.621. The molecular formula is C4H2ClN2O. The average molecular weight is 130 g/mol. The first-order chi connectivity index (χ1) is 3.80. The van der Waals surface area contributed by atoms with Gasteiger partial charge in [-0.15, -0.1) is 0 Å². The maximum Gasteiger partial charge on any atom is 0.283 e. The summed E-state index contributed by atoms with van der Waals surface area (Å²) in [7, 11) is 0. The van der Waals surface area contributed by atoms with Gasteiger partial charge in [-0.25, -0.2) is 5.10 Å². The molecule has 1 aromatic rings. The summed E-state index contributed by atoms with van der Waals surface area (Å²) in [5.41, 5.74) is -0.408. The number of rotatable bonds is 0. The van der Waals surface area contributed by atoms with Crippen molar-refractivity contribution in [3.8, 4) is 0 Å². The van der Waals surface area contributed by atoms with Gasteiger partial charge in [-0.05, 0) is 0 Å². The summed E-state index contributed by atoms with van der Waals surface area (Å²) in [6.45, 7) is 0. The van der Waals surface area contributed by atoms with E-state index in [4.69, 9.17) is 11.6 Å². The second-order valence-electron chi connectivity index (χ2n) is 1.16. The van der Waals surface area contributed by atoms with Crippen molar-refractivity contribution in [3.05, 3.63) is 27.6 Å². The minimum absolute atomic E-state index is 0.0417. The van der Waals surface area contributed by atoms with Gasteiger partial charge in [0.1, 0.15) is 5.02 Å². The fourth-order valence-electron chi connectivity index (χ4n) is 0.294. The lowest BCUT2D eigenvalue weighted by molar-refractivity contribution is 0.986. The van der Waals surface area contributed by atoms with Gasteiger partial charge in [0.15, 0.2) is 0 Å². The van der Waals surface area contributed by atoms with Crippen LogP contribution in [0.2, 0.25) is 5.02 Å². The summed E-state index contributed by atoms with van der Waals surface area (Å²) in [5.74, 6) is 0. The van der Waals surface area contributed by atoms with E-state index >= 15 is 0 Å². The molecule has 1 rings (SSSR count). The highest BCUT2D eigenvalue weighted by Gasteiger charge is 1.88. The lowest BCUT2D eigenvalue weighted by atomic mass is 10.6. The topological polar surface area (TPSA) is 45.8 Å². The molecule has 0 aromatic carbocycles. The normalized spacial score (nSPS) is 9.12.